The molecule has 3 aliphatic heterocycles. The van der Waals surface area contributed by atoms with Crippen molar-refractivity contribution in [2.75, 3.05) is 44.3 Å². The van der Waals surface area contributed by atoms with Crippen LogP contribution in [0.15, 0.2) is 23.1 Å². The summed E-state index contributed by atoms with van der Waals surface area (Å²) < 4.78 is 38.9. The van der Waals surface area contributed by atoms with E-state index in [1.165, 1.54) is 16.4 Å². The monoisotopic (exact) mass is 439 g/mol. The number of hydrogen-bond donors (Lipinski definition) is 0. The van der Waals surface area contributed by atoms with E-state index in [4.69, 9.17) is 9.47 Å². The second-order valence-corrected chi connectivity index (χ2v) is 10.4. The fourth-order valence-corrected chi connectivity index (χ4v) is 6.31. The predicted octanol–water partition coefficient (Wildman–Crippen LogP) is 2.60. The van der Waals surface area contributed by atoms with Gasteiger partial charge in [-0.15, -0.1) is 0 Å². The molecule has 3 fully saturated rings. The predicted molar refractivity (Wildman–Crippen MR) is 111 cm³/mol. The third-order valence-electron chi connectivity index (χ3n) is 6.23. The second-order valence-electron chi connectivity index (χ2n) is 8.48. The number of piperidine rings is 2. The van der Waals surface area contributed by atoms with Crippen molar-refractivity contribution in [2.24, 2.45) is 11.8 Å². The van der Waals surface area contributed by atoms with Crippen LogP contribution >= 0.6 is 0 Å². The quantitative estimate of drug-likeness (QED) is 0.513. The Morgan fingerprint density at radius 3 is 2.53 bits per heavy atom. The molecule has 4 rings (SSSR count). The number of anilines is 1. The number of benzene rings is 1. The van der Waals surface area contributed by atoms with Crippen LogP contribution in [0.5, 0.6) is 0 Å². The first-order valence-corrected chi connectivity index (χ1v) is 12.1. The summed E-state index contributed by atoms with van der Waals surface area (Å²) in [6.45, 7) is 5.34. The average molecular weight is 440 g/mol. The molecule has 0 amide bonds. The van der Waals surface area contributed by atoms with E-state index in [-0.39, 0.29) is 28.7 Å². The van der Waals surface area contributed by atoms with Gasteiger partial charge in [0.2, 0.25) is 10.0 Å². The van der Waals surface area contributed by atoms with Crippen LogP contribution in [0.2, 0.25) is 0 Å². The van der Waals surface area contributed by atoms with E-state index in [1.807, 2.05) is 11.8 Å². The Kier molecular flexibility index (Phi) is 6.29. The molecular weight excluding hydrogens is 410 g/mol. The maximum Gasteiger partial charge on any atom is 0.293 e. The van der Waals surface area contributed by atoms with Crippen molar-refractivity contribution in [3.63, 3.8) is 0 Å². The second kappa shape index (κ2) is 8.78. The number of sulfonamides is 1. The zero-order chi connectivity index (χ0) is 21.3. The molecule has 0 aliphatic carbocycles. The molecule has 0 radical (unpaired) electrons. The highest BCUT2D eigenvalue weighted by Gasteiger charge is 2.35. The molecule has 0 N–H and O–H groups in total. The van der Waals surface area contributed by atoms with E-state index < -0.39 is 14.9 Å². The van der Waals surface area contributed by atoms with Gasteiger partial charge < -0.3 is 14.4 Å². The molecule has 0 spiro atoms. The molecule has 3 saturated heterocycles. The molecule has 3 heterocycles. The van der Waals surface area contributed by atoms with Crippen molar-refractivity contribution >= 4 is 21.4 Å². The molecule has 1 aromatic rings. The van der Waals surface area contributed by atoms with Crippen LogP contribution in [0.4, 0.5) is 11.4 Å². The van der Waals surface area contributed by atoms with E-state index in [2.05, 4.69) is 0 Å². The molecule has 9 nitrogen and oxygen atoms in total. The summed E-state index contributed by atoms with van der Waals surface area (Å²) in [4.78, 5) is 13.3. The summed E-state index contributed by atoms with van der Waals surface area (Å²) >= 11 is 0. The third-order valence-corrected chi connectivity index (χ3v) is 8.09. The normalized spacial score (nSPS) is 26.8. The van der Waals surface area contributed by atoms with Crippen LogP contribution in [0.1, 0.15) is 32.6 Å². The van der Waals surface area contributed by atoms with Gasteiger partial charge in [-0.3, -0.25) is 10.1 Å². The topological polar surface area (TPSA) is 102 Å². The first-order valence-electron chi connectivity index (χ1n) is 10.6. The number of nitro benzene ring substituents is 1. The zero-order valence-electron chi connectivity index (χ0n) is 17.2. The van der Waals surface area contributed by atoms with Gasteiger partial charge in [-0.25, -0.2) is 8.42 Å². The summed E-state index contributed by atoms with van der Waals surface area (Å²) in [7, 11) is -3.75. The maximum absolute atomic E-state index is 13.1. The minimum Gasteiger partial charge on any atom is -0.366 e. The highest BCUT2D eigenvalue weighted by Crippen LogP contribution is 2.36. The van der Waals surface area contributed by atoms with Gasteiger partial charge in [0.25, 0.3) is 5.69 Å². The molecule has 166 valence electrons. The number of ether oxygens (including phenoxy) is 2. The minimum absolute atomic E-state index is 0.0110. The van der Waals surface area contributed by atoms with E-state index in [0.717, 1.165) is 25.7 Å². The van der Waals surface area contributed by atoms with Crippen molar-refractivity contribution in [1.82, 2.24) is 4.31 Å². The highest BCUT2D eigenvalue weighted by atomic mass is 32.2. The lowest BCUT2D eigenvalue weighted by Crippen LogP contribution is -2.41. The van der Waals surface area contributed by atoms with Gasteiger partial charge in [0.15, 0.2) is 6.29 Å². The molecule has 0 aromatic heterocycles. The minimum atomic E-state index is -3.75. The van der Waals surface area contributed by atoms with E-state index in [1.54, 1.807) is 6.07 Å². The molecule has 10 heteroatoms. The Morgan fingerprint density at radius 1 is 1.10 bits per heavy atom. The molecule has 3 aliphatic rings. The standard InChI is InChI=1S/C20H29N3O6S/c1-15-4-2-9-22(13-15)30(26,27)17-6-7-18(19(12-17)23(24)25)21-8-3-5-16(14-21)20-28-10-11-29-20/h6-7,12,15-16,20H,2-5,8-11,13-14H2,1H3/t15-,16-/m1/s1. The van der Waals surface area contributed by atoms with Crippen molar-refractivity contribution < 1.29 is 22.8 Å². The lowest BCUT2D eigenvalue weighted by Gasteiger charge is -2.36. The molecule has 30 heavy (non-hydrogen) atoms. The number of nitrogens with zero attached hydrogens (tertiary/aromatic N) is 3. The van der Waals surface area contributed by atoms with Crippen molar-refractivity contribution in [2.45, 2.75) is 43.8 Å². The molecule has 0 bridgehead atoms. The molecular formula is C20H29N3O6S. The Labute approximate surface area is 177 Å². The Balaban J connectivity index is 1.60. The van der Waals surface area contributed by atoms with Crippen molar-refractivity contribution in [3.05, 3.63) is 28.3 Å². The first-order chi connectivity index (χ1) is 14.4. The van der Waals surface area contributed by atoms with Crippen LogP contribution in [-0.2, 0) is 19.5 Å². The van der Waals surface area contributed by atoms with Gasteiger partial charge in [0.1, 0.15) is 5.69 Å². The lowest BCUT2D eigenvalue weighted by atomic mass is 9.96. The van der Waals surface area contributed by atoms with Gasteiger partial charge in [-0.1, -0.05) is 6.92 Å². The molecule has 0 saturated carbocycles. The van der Waals surface area contributed by atoms with E-state index >= 15 is 0 Å². The summed E-state index contributed by atoms with van der Waals surface area (Å²) in [5.41, 5.74) is 0.281. The third kappa shape index (κ3) is 4.32. The fourth-order valence-electron chi connectivity index (χ4n) is 4.69. The number of nitro groups is 1. The van der Waals surface area contributed by atoms with Crippen LogP contribution in [-0.4, -0.2) is 63.3 Å². The number of hydrogen-bond acceptors (Lipinski definition) is 7. The summed E-state index contributed by atoms with van der Waals surface area (Å²) in [5.74, 6) is 0.423. The molecule has 2 atom stereocenters. The van der Waals surface area contributed by atoms with Gasteiger partial charge in [0, 0.05) is 38.2 Å². The van der Waals surface area contributed by atoms with Gasteiger partial charge in [0.05, 0.1) is 23.0 Å². The summed E-state index contributed by atoms with van der Waals surface area (Å²) in [5, 5.41) is 11.8. The number of rotatable bonds is 5. The van der Waals surface area contributed by atoms with Crippen molar-refractivity contribution in [1.29, 1.82) is 0 Å². The van der Waals surface area contributed by atoms with E-state index in [9.17, 15) is 18.5 Å². The highest BCUT2D eigenvalue weighted by molar-refractivity contribution is 7.89. The first kappa shape index (κ1) is 21.5. The zero-order valence-corrected chi connectivity index (χ0v) is 18.1. The molecule has 0 unspecified atom stereocenters. The van der Waals surface area contributed by atoms with Crippen LogP contribution in [0.3, 0.4) is 0 Å². The van der Waals surface area contributed by atoms with Crippen LogP contribution < -0.4 is 4.90 Å². The Bertz CT molecular complexity index is 887. The molecule has 1 aromatic carbocycles. The van der Waals surface area contributed by atoms with Crippen molar-refractivity contribution in [3.8, 4) is 0 Å². The SMILES string of the molecule is C[C@@H]1CCCN(S(=O)(=O)c2ccc(N3CCC[C@@H](C4OCCO4)C3)c([N+](=O)[O-])c2)C1. The Morgan fingerprint density at radius 2 is 1.83 bits per heavy atom. The summed E-state index contributed by atoms with van der Waals surface area (Å²) in [6, 6.07) is 4.30. The Hall–Kier alpha value is -1.75. The van der Waals surface area contributed by atoms with E-state index in [0.29, 0.717) is 45.1 Å². The van der Waals surface area contributed by atoms with Gasteiger partial charge in [-0.2, -0.15) is 4.31 Å². The van der Waals surface area contributed by atoms with Crippen LogP contribution in [0, 0.1) is 22.0 Å². The summed E-state index contributed by atoms with van der Waals surface area (Å²) in [6.07, 6.45) is 3.34. The maximum atomic E-state index is 13.1. The smallest absolute Gasteiger partial charge is 0.293 e. The van der Waals surface area contributed by atoms with Crippen LogP contribution in [0.25, 0.3) is 0 Å². The largest absolute Gasteiger partial charge is 0.366 e. The van der Waals surface area contributed by atoms with Gasteiger partial charge in [-0.05, 0) is 43.7 Å². The van der Waals surface area contributed by atoms with Gasteiger partial charge >= 0.3 is 0 Å². The fraction of sp³-hybridized carbons (Fsp3) is 0.700. The average Bonchev–Trinajstić information content (AvgIpc) is 3.28. The lowest BCUT2D eigenvalue weighted by molar-refractivity contribution is -0.384.